The van der Waals surface area contributed by atoms with Gasteiger partial charge in [-0.05, 0) is 105 Å². The maximum absolute atomic E-state index is 12.9. The first kappa shape index (κ1) is 60.6. The number of nitrogens with one attached hydrogen (secondary N) is 4. The number of ether oxygens (including phenoxy) is 4. The molecule has 404 valence electrons. The highest BCUT2D eigenvalue weighted by Crippen LogP contribution is 2.41. The van der Waals surface area contributed by atoms with Crippen molar-refractivity contribution in [3.63, 3.8) is 0 Å². The number of fused-ring (bicyclic) bond motifs is 2. The maximum atomic E-state index is 12.9. The summed E-state index contributed by atoms with van der Waals surface area (Å²) in [5.41, 5.74) is 6.23. The van der Waals surface area contributed by atoms with Gasteiger partial charge in [-0.25, -0.2) is 26.3 Å². The summed E-state index contributed by atoms with van der Waals surface area (Å²) in [4.78, 5) is 30.9. The molecule has 2 heterocycles. The van der Waals surface area contributed by atoms with Crippen LogP contribution in [0.4, 0.5) is 0 Å². The van der Waals surface area contributed by atoms with Crippen LogP contribution >= 0.6 is 46.4 Å². The molecule has 0 fully saturated rings. The Morgan fingerprint density at radius 1 is 0.685 bits per heavy atom. The van der Waals surface area contributed by atoms with Crippen LogP contribution in [0.1, 0.15) is 59.4 Å². The van der Waals surface area contributed by atoms with Crippen LogP contribution in [0, 0.1) is 0 Å². The quantitative estimate of drug-likeness (QED) is 0.0448. The predicted octanol–water partition coefficient (Wildman–Crippen LogP) is 5.78. The lowest BCUT2D eigenvalue weighted by Crippen LogP contribution is -2.42. The molecule has 73 heavy (non-hydrogen) atoms. The molecule has 2 aliphatic heterocycles. The molecule has 0 saturated carbocycles. The average molecular weight is 1130 g/mol. The van der Waals surface area contributed by atoms with Crippen molar-refractivity contribution in [2.45, 2.75) is 49.6 Å². The molecule has 0 radical (unpaired) electrons. The number of amides is 2. The summed E-state index contributed by atoms with van der Waals surface area (Å²) in [6.45, 7) is 11.1. The molecule has 2 amide bonds. The van der Waals surface area contributed by atoms with Gasteiger partial charge in [0.05, 0.1) is 75.7 Å². The number of sulfonamides is 2. The fraction of sp³-hybridized carbons (Fsp3) is 0.520. The molecule has 0 spiro atoms. The van der Waals surface area contributed by atoms with Crippen molar-refractivity contribution in [1.29, 1.82) is 0 Å². The van der Waals surface area contributed by atoms with E-state index in [4.69, 9.17) is 65.4 Å². The van der Waals surface area contributed by atoms with E-state index in [1.54, 1.807) is 36.2 Å². The van der Waals surface area contributed by atoms with E-state index in [0.717, 1.165) is 46.5 Å². The van der Waals surface area contributed by atoms with Crippen molar-refractivity contribution in [3.05, 3.63) is 120 Å². The maximum Gasteiger partial charge on any atom is 0.240 e. The van der Waals surface area contributed by atoms with E-state index < -0.39 is 20.0 Å². The van der Waals surface area contributed by atoms with E-state index in [1.807, 2.05) is 51.4 Å². The van der Waals surface area contributed by atoms with Crippen LogP contribution in [0.2, 0.25) is 20.1 Å². The van der Waals surface area contributed by atoms with Gasteiger partial charge in [-0.3, -0.25) is 14.5 Å². The summed E-state index contributed by atoms with van der Waals surface area (Å²) in [5.74, 6) is -0.515. The highest BCUT2D eigenvalue weighted by molar-refractivity contribution is 7.93. The van der Waals surface area contributed by atoms with E-state index in [9.17, 15) is 26.4 Å². The van der Waals surface area contributed by atoms with Gasteiger partial charge < -0.3 is 39.4 Å². The fourth-order valence-corrected chi connectivity index (χ4v) is 11.7. The van der Waals surface area contributed by atoms with Crippen molar-refractivity contribution in [3.8, 4) is 0 Å². The van der Waals surface area contributed by atoms with Crippen LogP contribution in [-0.2, 0) is 61.7 Å². The van der Waals surface area contributed by atoms with Crippen molar-refractivity contribution < 1.29 is 45.4 Å². The third kappa shape index (κ3) is 19.4. The summed E-state index contributed by atoms with van der Waals surface area (Å²) in [6.07, 6.45) is 2.80. The number of likely N-dealkylation sites (N-methyl/N-ethyl adjacent to an activating group) is 3. The third-order valence-corrected chi connectivity index (χ3v) is 16.4. The van der Waals surface area contributed by atoms with Gasteiger partial charge in [-0.1, -0.05) is 76.8 Å². The molecule has 0 aromatic heterocycles. The first-order valence-electron chi connectivity index (χ1n) is 24.1. The van der Waals surface area contributed by atoms with Crippen molar-refractivity contribution in [1.82, 2.24) is 34.8 Å². The number of halogens is 4. The fourth-order valence-electron chi connectivity index (χ4n) is 8.62. The average Bonchev–Trinajstić information content (AvgIpc) is 3.33. The zero-order valence-electron chi connectivity index (χ0n) is 42.0. The van der Waals surface area contributed by atoms with Gasteiger partial charge in [0.1, 0.15) is 0 Å². The molecule has 3 aromatic carbocycles. The minimum atomic E-state index is -3.76. The number of benzene rings is 3. The zero-order chi connectivity index (χ0) is 53.1. The van der Waals surface area contributed by atoms with Gasteiger partial charge >= 0.3 is 0 Å². The van der Waals surface area contributed by atoms with Gasteiger partial charge in [0, 0.05) is 84.3 Å². The van der Waals surface area contributed by atoms with Crippen molar-refractivity contribution >= 4 is 78.3 Å². The monoisotopic (exact) mass is 1130 g/mol. The standard InChI is InChI=1S/C50H69Cl4N7O10S2/c1-6-36(43-29-59(3)31-45-41(43)25-38(51)27-47(45)53)8-7-35(2)72(64,65)57-15-19-70-23-21-68-17-13-55-49(62)33-61(5)34-50(63)56-14-18-69-22-24-71-20-16-58-73(66,67)40-11-9-37(10-12-40)44-30-60(4)32-46-42(44)26-39(52)28-48(46)54/h6,9-12,25-28,43-44,57-58H,2,7-8,13-24,29-34H2,1,3-5H3,(H,55,62)(H,56,63)/b36-6+. The molecule has 2 unspecified atom stereocenters. The molecule has 3 aromatic rings. The molecular formula is C50H69Cl4N7O10S2. The Kier molecular flexibility index (Phi) is 24.8. The largest absolute Gasteiger partial charge is 0.378 e. The number of allylic oxidation sites excluding steroid dienone is 2. The van der Waals surface area contributed by atoms with Gasteiger partial charge in [-0.2, -0.15) is 0 Å². The minimum absolute atomic E-state index is 0.00288. The summed E-state index contributed by atoms with van der Waals surface area (Å²) < 4.78 is 78.8. The van der Waals surface area contributed by atoms with Crippen molar-refractivity contribution in [2.24, 2.45) is 0 Å². The number of hydrogen-bond donors (Lipinski definition) is 4. The summed E-state index contributed by atoms with van der Waals surface area (Å²) in [7, 11) is -1.82. The van der Waals surface area contributed by atoms with E-state index >= 15 is 0 Å². The van der Waals surface area contributed by atoms with Crippen molar-refractivity contribution in [2.75, 3.05) is 126 Å². The van der Waals surface area contributed by atoms with E-state index in [2.05, 4.69) is 36.5 Å². The molecule has 2 aliphatic rings. The number of nitrogens with zero attached hydrogens (tertiary/aromatic N) is 3. The second-order valence-electron chi connectivity index (χ2n) is 18.0. The molecule has 0 aliphatic carbocycles. The van der Waals surface area contributed by atoms with Crippen LogP contribution in [0.15, 0.2) is 76.6 Å². The predicted molar refractivity (Wildman–Crippen MR) is 288 cm³/mol. The molecule has 5 rings (SSSR count). The Labute approximate surface area is 451 Å². The molecule has 23 heteroatoms. The summed E-state index contributed by atoms with van der Waals surface area (Å²) in [5, 5.41) is 7.86. The Morgan fingerprint density at radius 2 is 1.16 bits per heavy atom. The lowest BCUT2D eigenvalue weighted by atomic mass is 9.82. The van der Waals surface area contributed by atoms with E-state index in [0.29, 0.717) is 39.6 Å². The minimum Gasteiger partial charge on any atom is -0.378 e. The highest BCUT2D eigenvalue weighted by Gasteiger charge is 2.30. The van der Waals surface area contributed by atoms with Gasteiger partial charge in [-0.15, -0.1) is 0 Å². The smallest absolute Gasteiger partial charge is 0.240 e. The molecule has 4 N–H and O–H groups in total. The molecule has 0 bridgehead atoms. The lowest BCUT2D eigenvalue weighted by Gasteiger charge is -2.34. The van der Waals surface area contributed by atoms with Gasteiger partial charge in [0.2, 0.25) is 31.9 Å². The Balaban J connectivity index is 0.821. The van der Waals surface area contributed by atoms with Crippen LogP contribution < -0.4 is 20.1 Å². The normalized spacial score (nSPS) is 16.6. The van der Waals surface area contributed by atoms with Gasteiger partial charge in [0.25, 0.3) is 0 Å². The van der Waals surface area contributed by atoms with Crippen LogP contribution in [0.5, 0.6) is 0 Å². The van der Waals surface area contributed by atoms with E-state index in [-0.39, 0.29) is 132 Å². The SMILES string of the molecule is C=C(CC/C(=C\C)C1CN(C)Cc2c(Cl)cc(Cl)cc21)S(=O)(=O)NCCOCCOCCNC(=O)CN(C)CC(=O)NCCOCCOCCNS(=O)(=O)c1ccc(C2CN(C)Cc3c(Cl)cc(Cl)cc32)cc1. The number of rotatable bonds is 31. The second kappa shape index (κ2) is 29.9. The Hall–Kier alpha value is -3.22. The molecular weight excluding hydrogens is 1060 g/mol. The van der Waals surface area contributed by atoms with Crippen LogP contribution in [0.25, 0.3) is 0 Å². The summed E-state index contributed by atoms with van der Waals surface area (Å²) in [6, 6.07) is 14.2. The third-order valence-electron chi connectivity index (χ3n) is 12.3. The zero-order valence-corrected chi connectivity index (χ0v) is 46.6. The Bertz CT molecular complexity index is 2590. The van der Waals surface area contributed by atoms with Gasteiger partial charge in [0.15, 0.2) is 0 Å². The molecule has 17 nitrogen and oxygen atoms in total. The van der Waals surface area contributed by atoms with Crippen LogP contribution in [0.3, 0.4) is 0 Å². The van der Waals surface area contributed by atoms with Crippen LogP contribution in [-0.4, -0.2) is 170 Å². The highest BCUT2D eigenvalue weighted by atomic mass is 35.5. The summed E-state index contributed by atoms with van der Waals surface area (Å²) >= 11 is 25.7. The first-order chi connectivity index (χ1) is 34.8. The number of carbonyl (C=O) groups excluding carboxylic acids is 2. The molecule has 0 saturated heterocycles. The second-order valence-corrected chi connectivity index (χ2v) is 23.3. The lowest BCUT2D eigenvalue weighted by molar-refractivity contribution is -0.124. The number of hydrogen-bond acceptors (Lipinski definition) is 13. The first-order valence-corrected chi connectivity index (χ1v) is 28.5. The molecule has 2 atom stereocenters. The number of carbonyl (C=O) groups is 2. The van der Waals surface area contributed by atoms with E-state index in [1.165, 1.54) is 0 Å². The Morgan fingerprint density at radius 3 is 1.70 bits per heavy atom. The topological polar surface area (TPSA) is 197 Å².